The monoisotopic (exact) mass is 728 g/mol. The lowest BCUT2D eigenvalue weighted by atomic mass is 9.85. The van der Waals surface area contributed by atoms with Crippen molar-refractivity contribution in [1.29, 1.82) is 16.1 Å². The van der Waals surface area contributed by atoms with Gasteiger partial charge in [0.05, 0.1) is 35.2 Å². The van der Waals surface area contributed by atoms with Crippen molar-refractivity contribution < 1.29 is 32.3 Å². The molecule has 2 aromatic carbocycles. The number of carbonyl (C=O) groups is 3. The maximum Gasteiger partial charge on any atom is 0.413 e. The molecule has 1 aliphatic carbocycles. The summed E-state index contributed by atoms with van der Waals surface area (Å²) in [5.41, 5.74) is 7.63. The molecular weight excluding hydrogens is 689 g/mol. The molecule has 3 amide bonds. The molecule has 0 radical (unpaired) electrons. The number of alkyl halides is 3. The molecule has 5 N–H and O–H groups in total. The zero-order chi connectivity index (χ0) is 38.1. The van der Waals surface area contributed by atoms with E-state index < -0.39 is 29.2 Å². The van der Waals surface area contributed by atoms with E-state index in [9.17, 15) is 32.8 Å². The Balaban J connectivity index is 1.06. The van der Waals surface area contributed by atoms with Gasteiger partial charge in [-0.2, -0.15) is 18.4 Å². The second-order valence-electron chi connectivity index (χ2n) is 13.6. The van der Waals surface area contributed by atoms with Gasteiger partial charge in [-0.15, -0.1) is 0 Å². The number of nitriles is 1. The number of ether oxygens (including phenoxy) is 1. The summed E-state index contributed by atoms with van der Waals surface area (Å²) in [6, 6.07) is 13.6. The van der Waals surface area contributed by atoms with Crippen LogP contribution in [0.1, 0.15) is 42.4 Å². The number of alkyl carbamates (subject to hydrolysis) is 1. The molecule has 3 heterocycles. The van der Waals surface area contributed by atoms with Crippen LogP contribution in [-0.2, 0) is 14.3 Å². The van der Waals surface area contributed by atoms with Gasteiger partial charge in [-0.1, -0.05) is 24.3 Å². The molecule has 2 atom stereocenters. The van der Waals surface area contributed by atoms with E-state index in [0.717, 1.165) is 17.2 Å². The van der Waals surface area contributed by atoms with Gasteiger partial charge in [-0.05, 0) is 85.3 Å². The van der Waals surface area contributed by atoms with Crippen molar-refractivity contribution in [3.63, 3.8) is 0 Å². The van der Waals surface area contributed by atoms with Crippen molar-refractivity contribution in [2.45, 2.75) is 31.9 Å². The number of rotatable bonds is 7. The van der Waals surface area contributed by atoms with Crippen molar-refractivity contribution in [1.82, 2.24) is 15.1 Å². The Morgan fingerprint density at radius 2 is 1.83 bits per heavy atom. The molecule has 12 nitrogen and oxygen atoms in total. The highest BCUT2D eigenvalue weighted by Gasteiger charge is 2.51. The number of likely N-dealkylation sites (tertiary alicyclic amines) is 1. The second kappa shape index (κ2) is 14.7. The molecule has 53 heavy (non-hydrogen) atoms. The molecule has 276 valence electrons. The Bertz CT molecular complexity index is 2000. The number of anilines is 2. The van der Waals surface area contributed by atoms with E-state index in [1.807, 2.05) is 23.1 Å². The van der Waals surface area contributed by atoms with E-state index in [4.69, 9.17) is 21.3 Å². The number of benzene rings is 2. The van der Waals surface area contributed by atoms with Crippen LogP contribution in [0.25, 0.3) is 5.57 Å². The van der Waals surface area contributed by atoms with Gasteiger partial charge in [0.15, 0.2) is 0 Å². The molecule has 0 saturated carbocycles. The summed E-state index contributed by atoms with van der Waals surface area (Å²) < 4.78 is 45.8. The average molecular weight is 729 g/mol. The first-order chi connectivity index (χ1) is 25.2. The number of nitrogens with zero attached hydrogens (tertiary/aromatic N) is 4. The summed E-state index contributed by atoms with van der Waals surface area (Å²) in [6.45, 7) is 2.56. The number of allylic oxidation sites excluding steroid dienone is 4. The van der Waals surface area contributed by atoms with Crippen LogP contribution in [0.3, 0.4) is 0 Å². The van der Waals surface area contributed by atoms with Gasteiger partial charge >= 0.3 is 12.3 Å². The minimum atomic E-state index is -4.71. The van der Waals surface area contributed by atoms with Crippen molar-refractivity contribution in [2.24, 2.45) is 11.3 Å². The average Bonchev–Trinajstić information content (AvgIpc) is 3.72. The lowest BCUT2D eigenvalue weighted by Crippen LogP contribution is -2.43. The molecular formula is C38H39F3N8O4. The number of hydrogen-bond donors (Lipinski definition) is 4. The predicted octanol–water partition coefficient (Wildman–Crippen LogP) is 5.02. The minimum absolute atomic E-state index is 0.00992. The largest absolute Gasteiger partial charge is 0.413 e. The van der Waals surface area contributed by atoms with Crippen LogP contribution in [-0.4, -0.2) is 91.8 Å². The minimum Gasteiger partial charge on any atom is -0.398 e. The highest BCUT2D eigenvalue weighted by atomic mass is 19.4. The summed E-state index contributed by atoms with van der Waals surface area (Å²) in [7, 11) is 1.42. The highest BCUT2D eigenvalue weighted by molar-refractivity contribution is 6.16. The summed E-state index contributed by atoms with van der Waals surface area (Å²) in [4.78, 5) is 44.1. The third kappa shape index (κ3) is 7.59. The van der Waals surface area contributed by atoms with Gasteiger partial charge in [-0.3, -0.25) is 25.3 Å². The third-order valence-corrected chi connectivity index (χ3v) is 10.4. The number of nitrogens with one attached hydrogen (secondary N) is 3. The van der Waals surface area contributed by atoms with Crippen molar-refractivity contribution in [3.05, 3.63) is 88.5 Å². The zero-order valence-electron chi connectivity index (χ0n) is 29.1. The molecule has 6 rings (SSSR count). The molecule has 2 fully saturated rings. The quantitative estimate of drug-likeness (QED) is 0.176. The van der Waals surface area contributed by atoms with E-state index >= 15 is 0 Å². The summed E-state index contributed by atoms with van der Waals surface area (Å²) in [5.74, 6) is -1.74. The summed E-state index contributed by atoms with van der Waals surface area (Å²) >= 11 is 0. The van der Waals surface area contributed by atoms with E-state index in [1.165, 1.54) is 19.2 Å². The molecule has 1 spiro atoms. The topological polar surface area (TPSA) is 180 Å². The van der Waals surface area contributed by atoms with Crippen molar-refractivity contribution in [2.75, 3.05) is 56.9 Å². The van der Waals surface area contributed by atoms with Crippen LogP contribution in [0.2, 0.25) is 0 Å². The Morgan fingerprint density at radius 1 is 1.09 bits per heavy atom. The van der Waals surface area contributed by atoms with Gasteiger partial charge in [0.25, 0.3) is 0 Å². The predicted molar refractivity (Wildman–Crippen MR) is 192 cm³/mol. The lowest BCUT2D eigenvalue weighted by molar-refractivity contribution is -0.132. The summed E-state index contributed by atoms with van der Waals surface area (Å²) in [6.07, 6.45) is 0.455. The first-order valence-corrected chi connectivity index (χ1v) is 17.2. The van der Waals surface area contributed by atoms with E-state index in [0.29, 0.717) is 63.2 Å². The van der Waals surface area contributed by atoms with Crippen LogP contribution in [0.5, 0.6) is 0 Å². The SMILES string of the molecule is CNC(=O)OC(=N)c1ccc(C2=CCN(C(=O)CN3CC[C@]4(CCN(c5ccc(N)c(C(=N)C6=CCC(C#N)C(C(F)(F)F)=C6)c5)C4=O)C3)CC2)cc1. The maximum atomic E-state index is 13.9. The van der Waals surface area contributed by atoms with Gasteiger partial charge in [0.2, 0.25) is 17.7 Å². The molecule has 0 aromatic heterocycles. The molecule has 1 unspecified atom stereocenters. The van der Waals surface area contributed by atoms with Crippen LogP contribution in [0, 0.1) is 33.5 Å². The number of carbonyl (C=O) groups excluding carboxylic acids is 3. The standard InChI is InChI=1S/C38H39F3N8O4/c1-46-36(52)53-34(45)25-4-2-23(3-5-25)24-10-14-48(15-11-24)32(50)21-47-16-12-37(22-47)13-17-49(35(37)51)28-8-9-31(43)29(19-28)33(44)26-6-7-27(20-42)30(18-26)38(39,40)41/h2-6,8-10,18-19,27,44-45H,7,11-17,21-22,43H2,1H3,(H,46,52)/t27?,37-/m0/s1. The van der Waals surface area contributed by atoms with Gasteiger partial charge in [0.1, 0.15) is 0 Å². The fourth-order valence-corrected chi connectivity index (χ4v) is 7.39. The Labute approximate surface area is 304 Å². The number of hydrogen-bond acceptors (Lipinski definition) is 9. The maximum absolute atomic E-state index is 13.9. The molecule has 2 aromatic rings. The van der Waals surface area contributed by atoms with Crippen molar-refractivity contribution >= 4 is 46.5 Å². The first kappa shape index (κ1) is 37.0. The Morgan fingerprint density at radius 3 is 2.49 bits per heavy atom. The highest BCUT2D eigenvalue weighted by Crippen LogP contribution is 2.43. The van der Waals surface area contributed by atoms with E-state index in [-0.39, 0.29) is 53.2 Å². The number of nitrogen functional groups attached to an aromatic ring is 1. The van der Waals surface area contributed by atoms with Gasteiger partial charge in [0, 0.05) is 55.7 Å². The second-order valence-corrected chi connectivity index (χ2v) is 13.6. The number of amides is 3. The Hall–Kier alpha value is -5.75. The molecule has 0 bridgehead atoms. The summed E-state index contributed by atoms with van der Waals surface area (Å²) in [5, 5.41) is 28.2. The van der Waals surface area contributed by atoms with E-state index in [1.54, 1.807) is 40.1 Å². The molecule has 3 aliphatic heterocycles. The third-order valence-electron chi connectivity index (χ3n) is 10.4. The lowest BCUT2D eigenvalue weighted by Gasteiger charge is -2.29. The van der Waals surface area contributed by atoms with E-state index in [2.05, 4.69) is 5.32 Å². The number of halogens is 3. The van der Waals surface area contributed by atoms with Crippen LogP contribution < -0.4 is 16.0 Å². The molecule has 15 heteroatoms. The van der Waals surface area contributed by atoms with Crippen LogP contribution in [0.4, 0.5) is 29.3 Å². The number of nitrogens with two attached hydrogens (primary N) is 1. The van der Waals surface area contributed by atoms with Crippen molar-refractivity contribution in [3.8, 4) is 6.07 Å². The normalized spacial score (nSPS) is 21.8. The smallest absolute Gasteiger partial charge is 0.398 e. The molecule has 2 saturated heterocycles. The van der Waals surface area contributed by atoms with Gasteiger partial charge < -0.3 is 25.6 Å². The zero-order valence-corrected chi connectivity index (χ0v) is 29.1. The van der Waals surface area contributed by atoms with Crippen LogP contribution >= 0.6 is 0 Å². The van der Waals surface area contributed by atoms with Crippen LogP contribution in [0.15, 0.2) is 71.8 Å². The first-order valence-electron chi connectivity index (χ1n) is 17.2. The fraction of sp³-hybridized carbons (Fsp3) is 0.368. The molecule has 4 aliphatic rings. The fourth-order valence-electron chi connectivity index (χ4n) is 7.39. The Kier molecular flexibility index (Phi) is 10.3. The van der Waals surface area contributed by atoms with Gasteiger partial charge in [-0.25, -0.2) is 4.79 Å².